The van der Waals surface area contributed by atoms with Crippen molar-refractivity contribution in [3.63, 3.8) is 0 Å². The second-order valence-corrected chi connectivity index (χ2v) is 7.35. The van der Waals surface area contributed by atoms with E-state index in [1.165, 1.54) is 24.3 Å². The predicted octanol–water partition coefficient (Wildman–Crippen LogP) is 1.55. The van der Waals surface area contributed by atoms with Crippen molar-refractivity contribution in [2.45, 2.75) is 38.3 Å². The van der Waals surface area contributed by atoms with Gasteiger partial charge in [0.15, 0.2) is 23.0 Å². The predicted molar refractivity (Wildman–Crippen MR) is 105 cm³/mol. The molecule has 1 aromatic carbocycles. The summed E-state index contributed by atoms with van der Waals surface area (Å²) in [5, 5.41) is 11.1. The smallest absolute Gasteiger partial charge is 0.472 e. The molecule has 1 aliphatic carbocycles. The third kappa shape index (κ3) is 5.67. The molecule has 0 spiro atoms. The minimum absolute atomic E-state index is 0. The molecule has 180 valence electrons. The number of ether oxygens (including phenoxy) is 3. The van der Waals surface area contributed by atoms with Gasteiger partial charge in [-0.25, -0.2) is 4.68 Å². The van der Waals surface area contributed by atoms with Crippen LogP contribution >= 0.6 is 0 Å². The minimum atomic E-state index is -4.72. The van der Waals surface area contributed by atoms with Crippen molar-refractivity contribution in [2.24, 2.45) is 0 Å². The van der Waals surface area contributed by atoms with Crippen LogP contribution in [0.25, 0.3) is 5.69 Å². The first-order valence-corrected chi connectivity index (χ1v) is 9.68. The van der Waals surface area contributed by atoms with E-state index >= 15 is 0 Å². The molecule has 2 aromatic heterocycles. The standard InChI is InChI=1S/C20H13F5N4O4.CH3.Cs/c21-19(22,23)18-12-2-1-3-13(30)17(12)29(28-18)11-7-16(27-26-8-11)31-9-10-4-5-14-15(6-10)33-20(24,25)32-14;;/h4-8H,1-3,9H2;1H3;/q;-1;+1. The number of rotatable bonds is 4. The van der Waals surface area contributed by atoms with E-state index in [-0.39, 0.29) is 130 Å². The first-order valence-electron chi connectivity index (χ1n) is 9.68. The number of ketones is 1. The van der Waals surface area contributed by atoms with E-state index in [9.17, 15) is 26.7 Å². The Kier molecular flexibility index (Phi) is 8.23. The Labute approximate surface area is 254 Å². The van der Waals surface area contributed by atoms with Crippen LogP contribution in [0.4, 0.5) is 22.0 Å². The number of carbonyl (C=O) groups is 1. The fraction of sp³-hybridized carbons (Fsp3) is 0.286. The molecule has 0 unspecified atom stereocenters. The number of aromatic nitrogens is 4. The average molecular weight is 616 g/mol. The van der Waals surface area contributed by atoms with Gasteiger partial charge in [0.05, 0.1) is 11.9 Å². The van der Waals surface area contributed by atoms with Crippen molar-refractivity contribution in [3.8, 4) is 23.1 Å². The van der Waals surface area contributed by atoms with E-state index in [0.29, 0.717) is 12.0 Å². The third-order valence-corrected chi connectivity index (χ3v) is 5.06. The molecule has 3 aromatic rings. The van der Waals surface area contributed by atoms with Gasteiger partial charge in [-0.15, -0.1) is 13.9 Å². The number of alkyl halides is 5. The number of Topliss-reactive ketones (excluding diaryl/α,β-unsaturated/α-hetero) is 1. The van der Waals surface area contributed by atoms with Gasteiger partial charge in [0.2, 0.25) is 5.88 Å². The zero-order chi connectivity index (χ0) is 23.4. The third-order valence-electron chi connectivity index (χ3n) is 5.06. The maximum Gasteiger partial charge on any atom is 1.00 e. The van der Waals surface area contributed by atoms with Crippen LogP contribution in [0, 0.1) is 7.43 Å². The maximum atomic E-state index is 13.5. The largest absolute Gasteiger partial charge is 1.00 e. The van der Waals surface area contributed by atoms with Crippen LogP contribution in [0.1, 0.15) is 40.2 Å². The Hall–Kier alpha value is -1.72. The molecular formula is C21H16CsF5N4O4. The van der Waals surface area contributed by atoms with Crippen molar-refractivity contribution in [1.29, 1.82) is 0 Å². The number of carbonyl (C=O) groups excluding carboxylic acids is 1. The number of hydrogen-bond acceptors (Lipinski definition) is 7. The molecule has 0 saturated carbocycles. The number of benzene rings is 1. The SMILES string of the molecule is O=C1CCCc2c(C(F)(F)F)nn(-c3cnnc(OCc4ccc5c(c4)OC(F)(F)O5)c3)c21.[CH3-].[Cs+]. The molecule has 0 N–H and O–H groups in total. The molecule has 3 heterocycles. The summed E-state index contributed by atoms with van der Waals surface area (Å²) in [5.41, 5.74) is -0.887. The van der Waals surface area contributed by atoms with E-state index in [0.717, 1.165) is 10.9 Å². The summed E-state index contributed by atoms with van der Waals surface area (Å²) in [5.74, 6) is -0.811. The van der Waals surface area contributed by atoms with E-state index in [4.69, 9.17) is 4.74 Å². The monoisotopic (exact) mass is 616 g/mol. The topological polar surface area (TPSA) is 88.4 Å². The van der Waals surface area contributed by atoms with E-state index in [2.05, 4.69) is 24.8 Å². The van der Waals surface area contributed by atoms with E-state index in [1.807, 2.05) is 0 Å². The Morgan fingerprint density at radius 3 is 2.60 bits per heavy atom. The normalized spacial score (nSPS) is 15.6. The summed E-state index contributed by atoms with van der Waals surface area (Å²) in [6.07, 6.45) is -6.81. The van der Waals surface area contributed by atoms with Crippen molar-refractivity contribution in [1.82, 2.24) is 20.0 Å². The summed E-state index contributed by atoms with van der Waals surface area (Å²) in [6.45, 7) is -0.135. The molecule has 8 nitrogen and oxygen atoms in total. The van der Waals surface area contributed by atoms with Gasteiger partial charge >= 0.3 is 81.4 Å². The van der Waals surface area contributed by atoms with Crippen LogP contribution in [0.15, 0.2) is 30.5 Å². The van der Waals surface area contributed by atoms with Gasteiger partial charge in [-0.05, 0) is 30.5 Å². The summed E-state index contributed by atoms with van der Waals surface area (Å²) in [7, 11) is 0. The maximum absolute atomic E-state index is 13.5. The second-order valence-electron chi connectivity index (χ2n) is 7.35. The summed E-state index contributed by atoms with van der Waals surface area (Å²) >= 11 is 0. The second kappa shape index (κ2) is 10.3. The first kappa shape index (κ1) is 27.9. The molecule has 35 heavy (non-hydrogen) atoms. The quantitative estimate of drug-likeness (QED) is 0.325. The van der Waals surface area contributed by atoms with Crippen LogP contribution in [-0.4, -0.2) is 32.1 Å². The number of nitrogens with zero attached hydrogens (tertiary/aromatic N) is 4. The summed E-state index contributed by atoms with van der Waals surface area (Å²) in [4.78, 5) is 12.4. The molecule has 0 radical (unpaired) electrons. The molecule has 0 fully saturated rings. The van der Waals surface area contributed by atoms with Crippen molar-refractivity contribution in [2.75, 3.05) is 0 Å². The van der Waals surface area contributed by atoms with Crippen LogP contribution in [-0.2, 0) is 19.2 Å². The summed E-state index contributed by atoms with van der Waals surface area (Å²) < 4.78 is 81.8. The van der Waals surface area contributed by atoms with Crippen LogP contribution in [0.2, 0.25) is 0 Å². The number of halogens is 5. The van der Waals surface area contributed by atoms with Crippen molar-refractivity contribution in [3.05, 3.63) is 60.4 Å². The zero-order valence-electron chi connectivity index (χ0n) is 18.5. The molecule has 2 aliphatic rings. The van der Waals surface area contributed by atoms with Gasteiger partial charge in [-0.2, -0.15) is 23.4 Å². The Morgan fingerprint density at radius 2 is 1.86 bits per heavy atom. The van der Waals surface area contributed by atoms with Gasteiger partial charge < -0.3 is 21.6 Å². The molecule has 0 amide bonds. The number of hydrogen-bond donors (Lipinski definition) is 0. The molecular weight excluding hydrogens is 600 g/mol. The molecule has 0 bridgehead atoms. The molecule has 14 heteroatoms. The van der Waals surface area contributed by atoms with Crippen LogP contribution in [0.3, 0.4) is 0 Å². The van der Waals surface area contributed by atoms with Gasteiger partial charge in [0.1, 0.15) is 12.3 Å². The van der Waals surface area contributed by atoms with E-state index in [1.54, 1.807) is 0 Å². The Bertz CT molecular complexity index is 1260. The van der Waals surface area contributed by atoms with Crippen LogP contribution in [0.5, 0.6) is 17.4 Å². The molecule has 0 saturated heterocycles. The molecule has 0 atom stereocenters. The number of fused-ring (bicyclic) bond motifs is 2. The Morgan fingerprint density at radius 1 is 1.11 bits per heavy atom. The Balaban J connectivity index is 0.00000171. The average Bonchev–Trinajstić information content (AvgIpc) is 3.29. The van der Waals surface area contributed by atoms with Crippen molar-refractivity contribution < 1.29 is 110 Å². The van der Waals surface area contributed by atoms with Gasteiger partial charge in [-0.3, -0.25) is 4.79 Å². The van der Waals surface area contributed by atoms with Crippen LogP contribution < -0.4 is 83.1 Å². The van der Waals surface area contributed by atoms with Gasteiger partial charge in [-0.1, -0.05) is 6.07 Å². The van der Waals surface area contributed by atoms with E-state index < -0.39 is 23.9 Å². The zero-order valence-corrected chi connectivity index (χ0v) is 24.8. The summed E-state index contributed by atoms with van der Waals surface area (Å²) in [6, 6.07) is 5.34. The minimum Gasteiger partial charge on any atom is -0.472 e. The molecule has 5 rings (SSSR count). The van der Waals surface area contributed by atoms with Gasteiger partial charge in [0.25, 0.3) is 0 Å². The molecule has 1 aliphatic heterocycles. The fourth-order valence-electron chi connectivity index (χ4n) is 3.70. The first-order chi connectivity index (χ1) is 15.6. The van der Waals surface area contributed by atoms with Gasteiger partial charge in [0, 0.05) is 18.1 Å². The fourth-order valence-corrected chi connectivity index (χ4v) is 3.70. The van der Waals surface area contributed by atoms with Crippen molar-refractivity contribution >= 4 is 5.78 Å².